The zero-order valence-corrected chi connectivity index (χ0v) is 12.4. The number of hydrogen-bond donors (Lipinski definition) is 0. The molecule has 0 amide bonds. The summed E-state index contributed by atoms with van der Waals surface area (Å²) < 4.78 is 36.4. The minimum absolute atomic E-state index is 0.187. The maximum absolute atomic E-state index is 12.5. The third-order valence-electron chi connectivity index (χ3n) is 2.73. The Balaban J connectivity index is 2.89. The molecular weight excluding hydrogens is 323 g/mol. The molecule has 0 saturated heterocycles. The minimum atomic E-state index is -3.58. The maximum atomic E-state index is 12.5. The highest BCUT2D eigenvalue weighted by atomic mass is 79.9. The predicted octanol–water partition coefficient (Wildman–Crippen LogP) is 2.87. The summed E-state index contributed by atoms with van der Waals surface area (Å²) in [5.41, 5.74) is 0. The van der Waals surface area contributed by atoms with Gasteiger partial charge in [0.05, 0.1) is 5.25 Å². The molecule has 0 aliphatic carbocycles. The molecule has 100 valence electrons. The highest BCUT2D eigenvalue weighted by Gasteiger charge is 2.29. The third kappa shape index (κ3) is 3.84. The van der Waals surface area contributed by atoms with Crippen LogP contribution in [0.1, 0.15) is 20.3 Å². The molecule has 0 aliphatic rings. The van der Waals surface area contributed by atoms with Gasteiger partial charge in [0.1, 0.15) is 0 Å². The van der Waals surface area contributed by atoms with Crippen LogP contribution in [0.4, 0.5) is 4.39 Å². The van der Waals surface area contributed by atoms with Gasteiger partial charge >= 0.3 is 0 Å². The van der Waals surface area contributed by atoms with E-state index in [1.807, 2.05) is 0 Å². The highest BCUT2D eigenvalue weighted by molar-refractivity contribution is 9.11. The average molecular weight is 337 g/mol. The molecule has 0 bridgehead atoms. The second-order valence-electron chi connectivity index (χ2n) is 3.99. The molecule has 7 heteroatoms. The van der Waals surface area contributed by atoms with Crippen LogP contribution in [0, 0.1) is 5.92 Å². The molecular formula is C11H14BrFN2O2S. The van der Waals surface area contributed by atoms with Crippen molar-refractivity contribution in [1.29, 1.82) is 0 Å². The van der Waals surface area contributed by atoms with E-state index in [0.29, 0.717) is 6.42 Å². The first kappa shape index (κ1) is 15.2. The normalized spacial score (nSPS) is 16.3. The van der Waals surface area contributed by atoms with Gasteiger partial charge in [-0.3, -0.25) is 0 Å². The molecule has 4 nitrogen and oxygen atoms in total. The number of sulfone groups is 1. The number of halogens is 2. The summed E-state index contributed by atoms with van der Waals surface area (Å²) in [6.45, 7) is 3.33. The Labute approximate surface area is 114 Å². The van der Waals surface area contributed by atoms with Crippen molar-refractivity contribution >= 4 is 25.8 Å². The third-order valence-corrected chi connectivity index (χ3v) is 5.22. The average Bonchev–Trinajstić information content (AvgIpc) is 2.36. The zero-order chi connectivity index (χ0) is 13.8. The first-order chi connectivity index (χ1) is 8.35. The number of nitrogens with zero attached hydrogens (tertiary/aromatic N) is 2. The summed E-state index contributed by atoms with van der Waals surface area (Å²) >= 11 is 2.67. The van der Waals surface area contributed by atoms with Gasteiger partial charge in [0.25, 0.3) is 0 Å². The van der Waals surface area contributed by atoms with Crippen molar-refractivity contribution < 1.29 is 12.8 Å². The van der Waals surface area contributed by atoms with Crippen LogP contribution in [-0.2, 0) is 9.84 Å². The number of hydrogen-bond acceptors (Lipinski definition) is 4. The van der Waals surface area contributed by atoms with E-state index in [4.69, 9.17) is 0 Å². The quantitative estimate of drug-likeness (QED) is 0.775. The van der Waals surface area contributed by atoms with Gasteiger partial charge in [0, 0.05) is 12.4 Å². The first-order valence-corrected chi connectivity index (χ1v) is 7.71. The Hall–Kier alpha value is -0.820. The molecule has 1 aromatic rings. The van der Waals surface area contributed by atoms with Crippen LogP contribution < -0.4 is 0 Å². The molecule has 2 atom stereocenters. The summed E-state index contributed by atoms with van der Waals surface area (Å²) in [5.74, 6) is -0.234. The Bertz CT molecular complexity index is 515. The molecule has 0 aliphatic heterocycles. The van der Waals surface area contributed by atoms with Gasteiger partial charge in [-0.15, -0.1) is 0 Å². The fourth-order valence-electron chi connectivity index (χ4n) is 1.37. The molecule has 1 aromatic heterocycles. The van der Waals surface area contributed by atoms with Crippen molar-refractivity contribution in [3.63, 3.8) is 0 Å². The second-order valence-corrected chi connectivity index (χ2v) is 6.94. The lowest BCUT2D eigenvalue weighted by Gasteiger charge is -2.17. The lowest BCUT2D eigenvalue weighted by Crippen LogP contribution is -2.26. The van der Waals surface area contributed by atoms with Crippen molar-refractivity contribution in [2.75, 3.05) is 0 Å². The lowest BCUT2D eigenvalue weighted by atomic mass is 10.1. The van der Waals surface area contributed by atoms with Crippen molar-refractivity contribution in [2.45, 2.75) is 30.7 Å². The fourth-order valence-corrected chi connectivity index (χ4v) is 3.03. The van der Waals surface area contributed by atoms with E-state index in [0.717, 1.165) is 0 Å². The second kappa shape index (κ2) is 6.38. The monoisotopic (exact) mass is 336 g/mol. The van der Waals surface area contributed by atoms with Gasteiger partial charge in [-0.1, -0.05) is 6.92 Å². The summed E-state index contributed by atoms with van der Waals surface area (Å²) in [4.78, 5) is 7.50. The SMILES string of the molecule is C[C@H]([C@@H](C)CC=C(F)Br)S(=O)(=O)c1ncccn1. The Kier molecular flexibility index (Phi) is 5.40. The molecule has 1 heterocycles. The molecule has 0 radical (unpaired) electrons. The zero-order valence-electron chi connectivity index (χ0n) is 10.0. The standard InChI is InChI=1S/C11H14BrFN2O2S/c1-8(4-5-10(12)13)9(2)18(16,17)11-14-6-3-7-15-11/h3,5-9H,4H2,1-2H3/t8-,9+/m0/s1. The van der Waals surface area contributed by atoms with Gasteiger partial charge in [-0.25, -0.2) is 18.4 Å². The summed E-state index contributed by atoms with van der Waals surface area (Å²) in [6.07, 6.45) is 4.40. The van der Waals surface area contributed by atoms with Gasteiger partial charge in [-0.05, 0) is 47.3 Å². The number of allylic oxidation sites excluding steroid dienone is 1. The fraction of sp³-hybridized carbons (Fsp3) is 0.455. The van der Waals surface area contributed by atoms with E-state index in [1.165, 1.54) is 18.5 Å². The van der Waals surface area contributed by atoms with E-state index >= 15 is 0 Å². The van der Waals surface area contributed by atoms with Crippen LogP contribution in [0.5, 0.6) is 0 Å². The molecule has 0 fully saturated rings. The molecule has 18 heavy (non-hydrogen) atoms. The van der Waals surface area contributed by atoms with Gasteiger partial charge in [0.2, 0.25) is 15.0 Å². The number of rotatable bonds is 5. The van der Waals surface area contributed by atoms with Crippen molar-refractivity contribution in [1.82, 2.24) is 9.97 Å². The van der Waals surface area contributed by atoms with Crippen LogP contribution in [-0.4, -0.2) is 23.6 Å². The van der Waals surface area contributed by atoms with Crippen LogP contribution in [0.3, 0.4) is 0 Å². The topological polar surface area (TPSA) is 59.9 Å². The van der Waals surface area contributed by atoms with E-state index in [9.17, 15) is 12.8 Å². The van der Waals surface area contributed by atoms with Gasteiger partial charge in [-0.2, -0.15) is 4.39 Å². The smallest absolute Gasteiger partial charge is 0.227 e. The number of aromatic nitrogens is 2. The van der Waals surface area contributed by atoms with Crippen LogP contribution in [0.15, 0.2) is 34.4 Å². The van der Waals surface area contributed by atoms with Crippen molar-refractivity contribution in [3.8, 4) is 0 Å². The molecule has 0 N–H and O–H groups in total. The van der Waals surface area contributed by atoms with E-state index < -0.39 is 19.8 Å². The predicted molar refractivity (Wildman–Crippen MR) is 70.6 cm³/mol. The van der Waals surface area contributed by atoms with Crippen LogP contribution in [0.25, 0.3) is 0 Å². The molecule has 0 aromatic carbocycles. The summed E-state index contributed by atoms with van der Waals surface area (Å²) in [6, 6.07) is 1.55. The highest BCUT2D eigenvalue weighted by Crippen LogP contribution is 2.22. The Morgan fingerprint density at radius 1 is 1.44 bits per heavy atom. The summed E-state index contributed by atoms with van der Waals surface area (Å²) in [7, 11) is -3.58. The Morgan fingerprint density at radius 3 is 2.50 bits per heavy atom. The van der Waals surface area contributed by atoms with Crippen molar-refractivity contribution in [3.05, 3.63) is 29.3 Å². The Morgan fingerprint density at radius 2 is 2.00 bits per heavy atom. The van der Waals surface area contributed by atoms with Crippen molar-refractivity contribution in [2.24, 2.45) is 5.92 Å². The molecule has 1 rings (SSSR count). The van der Waals surface area contributed by atoms with Gasteiger partial charge < -0.3 is 0 Å². The maximum Gasteiger partial charge on any atom is 0.247 e. The molecule has 0 unspecified atom stereocenters. The first-order valence-electron chi connectivity index (χ1n) is 5.37. The van der Waals surface area contributed by atoms with Crippen LogP contribution in [0.2, 0.25) is 0 Å². The largest absolute Gasteiger partial charge is 0.247 e. The minimum Gasteiger partial charge on any atom is -0.227 e. The van der Waals surface area contributed by atoms with Crippen LogP contribution >= 0.6 is 15.9 Å². The summed E-state index contributed by atoms with van der Waals surface area (Å²) in [5, 5.41) is -0.865. The van der Waals surface area contributed by atoms with E-state index in [1.54, 1.807) is 19.9 Å². The van der Waals surface area contributed by atoms with E-state index in [-0.39, 0.29) is 11.1 Å². The molecule has 0 saturated carbocycles. The van der Waals surface area contributed by atoms with E-state index in [2.05, 4.69) is 25.9 Å². The van der Waals surface area contributed by atoms with Gasteiger partial charge in [0.15, 0.2) is 4.74 Å². The lowest BCUT2D eigenvalue weighted by molar-refractivity contribution is 0.516. The molecule has 0 spiro atoms.